The van der Waals surface area contributed by atoms with Crippen molar-refractivity contribution in [3.05, 3.63) is 216 Å². The first kappa shape index (κ1) is 45.5. The van der Waals surface area contributed by atoms with Crippen LogP contribution in [0.25, 0.3) is 0 Å². The summed E-state index contributed by atoms with van der Waals surface area (Å²) >= 11 is 0. The summed E-state index contributed by atoms with van der Waals surface area (Å²) in [6, 6.07) is 55.8. The predicted octanol–water partition coefficient (Wildman–Crippen LogP) is 13.0. The Hall–Kier alpha value is -7.67. The van der Waals surface area contributed by atoms with Crippen LogP contribution in [0.4, 0.5) is 0 Å². The quantitative estimate of drug-likeness (QED) is 0.124. The molecule has 0 aromatic heterocycles. The van der Waals surface area contributed by atoms with Gasteiger partial charge < -0.3 is 23.7 Å². The average Bonchev–Trinajstić information content (AvgIpc) is 3.35. The lowest BCUT2D eigenvalue weighted by Gasteiger charge is -2.31. The van der Waals surface area contributed by atoms with Crippen LogP contribution in [-0.2, 0) is 40.0 Å². The lowest BCUT2D eigenvalue weighted by atomic mass is 9.74. The molecule has 0 amide bonds. The van der Waals surface area contributed by atoms with E-state index in [0.717, 1.165) is 22.3 Å². The van der Waals surface area contributed by atoms with E-state index in [2.05, 4.69) is 20.8 Å². The highest BCUT2D eigenvalue weighted by Crippen LogP contribution is 2.39. The average molecular weight is 943 g/mol. The number of rotatable bonds is 4. The Balaban J connectivity index is 1.01. The van der Waals surface area contributed by atoms with Gasteiger partial charge in [-0.2, -0.15) is 0 Å². The van der Waals surface area contributed by atoms with Crippen molar-refractivity contribution in [1.82, 2.24) is 0 Å². The molecule has 12 heteroatoms. The minimum atomic E-state index is -3.84. The molecule has 0 radical (unpaired) electrons. The third-order valence-electron chi connectivity index (χ3n) is 12.4. The second-order valence-electron chi connectivity index (χ2n) is 17.1. The molecule has 0 atom stereocenters. The first-order valence-corrected chi connectivity index (χ1v) is 24.8. The molecular formula is C56H46O10S2. The predicted molar refractivity (Wildman–Crippen MR) is 258 cm³/mol. The van der Waals surface area contributed by atoms with E-state index >= 15 is 0 Å². The highest BCUT2D eigenvalue weighted by Gasteiger charge is 2.30. The summed E-state index contributed by atoms with van der Waals surface area (Å²) in [6.07, 6.45) is 0.476. The zero-order valence-corrected chi connectivity index (χ0v) is 39.0. The first-order valence-electron chi connectivity index (χ1n) is 21.8. The van der Waals surface area contributed by atoms with Gasteiger partial charge in [0.05, 0.1) is 26.2 Å². The van der Waals surface area contributed by atoms with Crippen molar-refractivity contribution in [1.29, 1.82) is 0 Å². The minimum absolute atomic E-state index is 0.117. The monoisotopic (exact) mass is 942 g/mol. The summed E-state index contributed by atoms with van der Waals surface area (Å²) < 4.78 is 84.3. The molecule has 8 aromatic carbocycles. The smallest absolute Gasteiger partial charge is 0.293 e. The van der Waals surface area contributed by atoms with Gasteiger partial charge in [-0.3, -0.25) is 4.79 Å². The van der Waals surface area contributed by atoms with E-state index in [1.54, 1.807) is 48.5 Å². The van der Waals surface area contributed by atoms with Gasteiger partial charge in [-0.05, 0) is 174 Å². The van der Waals surface area contributed by atoms with E-state index in [4.69, 9.17) is 23.7 Å². The van der Waals surface area contributed by atoms with Gasteiger partial charge in [0.15, 0.2) is 0 Å². The summed E-state index contributed by atoms with van der Waals surface area (Å²) in [4.78, 5) is 11.6. The molecule has 0 N–H and O–H groups in total. The van der Waals surface area contributed by atoms with Crippen LogP contribution in [0.1, 0.15) is 49.4 Å². The fraction of sp³-hybridized carbons (Fsp3) is 0.125. The zero-order valence-electron chi connectivity index (χ0n) is 37.4. The number of benzene rings is 8. The molecule has 13 aliphatic heterocycles. The van der Waals surface area contributed by atoms with Crippen molar-refractivity contribution < 1.29 is 45.3 Å². The molecule has 342 valence electrons. The van der Waals surface area contributed by atoms with Crippen molar-refractivity contribution in [2.45, 2.75) is 57.6 Å². The van der Waals surface area contributed by atoms with Crippen LogP contribution < -0.4 is 18.9 Å². The number of sulfone groups is 2. The molecule has 0 unspecified atom stereocenters. The highest BCUT2D eigenvalue weighted by molar-refractivity contribution is 7.91. The van der Waals surface area contributed by atoms with Crippen molar-refractivity contribution >= 4 is 26.1 Å². The molecule has 68 heavy (non-hydrogen) atoms. The van der Waals surface area contributed by atoms with Gasteiger partial charge in [0.2, 0.25) is 19.7 Å². The van der Waals surface area contributed by atoms with Crippen molar-refractivity contribution in [2.75, 3.05) is 6.61 Å². The third-order valence-corrected chi connectivity index (χ3v) is 16.0. The molecule has 13 aliphatic rings. The maximum Gasteiger partial charge on any atom is 0.293 e. The normalized spacial score (nSPS) is 15.5. The summed E-state index contributed by atoms with van der Waals surface area (Å²) in [6.45, 7) is 6.92. The molecule has 13 heterocycles. The number of ether oxygens (including phenoxy) is 5. The molecule has 0 saturated carbocycles. The zero-order chi connectivity index (χ0) is 47.5. The van der Waals surface area contributed by atoms with Gasteiger partial charge in [0.1, 0.15) is 46.0 Å². The van der Waals surface area contributed by atoms with E-state index in [9.17, 15) is 21.6 Å². The maximum absolute atomic E-state index is 13.7. The van der Waals surface area contributed by atoms with Crippen LogP contribution in [0.3, 0.4) is 0 Å². The van der Waals surface area contributed by atoms with Crippen molar-refractivity contribution in [3.63, 3.8) is 0 Å². The van der Waals surface area contributed by atoms with Gasteiger partial charge >= 0.3 is 0 Å². The second kappa shape index (κ2) is 18.5. The van der Waals surface area contributed by atoms with Crippen LogP contribution >= 0.6 is 0 Å². The van der Waals surface area contributed by atoms with E-state index in [0.29, 0.717) is 58.9 Å². The van der Waals surface area contributed by atoms with Crippen LogP contribution in [0, 0.1) is 0 Å². The van der Waals surface area contributed by atoms with Crippen LogP contribution in [0.5, 0.6) is 46.0 Å². The Morgan fingerprint density at radius 1 is 0.368 bits per heavy atom. The number of carbonyl (C=O) groups excluding carboxylic acids is 1. The van der Waals surface area contributed by atoms with Crippen LogP contribution in [-0.4, -0.2) is 29.9 Å². The van der Waals surface area contributed by atoms with E-state index in [1.165, 1.54) is 48.5 Å². The molecular weight excluding hydrogens is 897 g/mol. The van der Waals surface area contributed by atoms with Gasteiger partial charge in [-0.1, -0.05) is 69.3 Å². The van der Waals surface area contributed by atoms with Crippen LogP contribution in [0.15, 0.2) is 214 Å². The molecule has 8 aromatic rings. The number of hydrogen-bond donors (Lipinski definition) is 0. The van der Waals surface area contributed by atoms with E-state index in [-0.39, 0.29) is 31.6 Å². The van der Waals surface area contributed by atoms with Gasteiger partial charge in [0.25, 0.3) is 6.47 Å². The minimum Gasteiger partial charge on any atom is -0.468 e. The Kier molecular flexibility index (Phi) is 12.4. The van der Waals surface area contributed by atoms with E-state index < -0.39 is 25.1 Å². The van der Waals surface area contributed by atoms with Crippen molar-refractivity contribution in [3.8, 4) is 46.0 Å². The summed E-state index contributed by atoms with van der Waals surface area (Å²) in [5, 5.41) is 0. The highest BCUT2D eigenvalue weighted by atomic mass is 32.2. The lowest BCUT2D eigenvalue weighted by Crippen LogP contribution is -2.25. The van der Waals surface area contributed by atoms with Crippen molar-refractivity contribution in [2.24, 2.45) is 0 Å². The molecule has 0 spiro atoms. The Morgan fingerprint density at radius 2 is 0.588 bits per heavy atom. The Bertz CT molecular complexity index is 3050. The SMILES string of the molecule is CC1(C)c2ccc(cc2)Oc2ccc(cc2)S(=O)(=O)c2ccc(cc2)Oc2ccc(cc2)C(C)(CCOC=O)c2ccc(cc2)Oc2ccc(cc2)S(=O)(=O)c2ccc(cc2)Oc2ccc1cc2. The fourth-order valence-corrected chi connectivity index (χ4v) is 10.7. The lowest BCUT2D eigenvalue weighted by molar-refractivity contribution is -0.129. The topological polar surface area (TPSA) is 132 Å². The summed E-state index contributed by atoms with van der Waals surface area (Å²) in [5.41, 5.74) is 3.00. The standard InChI is InChI=1S/C56H46O10S2/c1-55(2)39-4-12-43(13-5-39)63-47-20-28-51(29-21-47)67(58,59)53-32-24-49(25-33-53)65-45-16-8-41(9-17-45)56(3,36-37-62-38-57)42-10-18-46(19-11-42)66-50-26-34-54(35-27-50)68(60,61)52-30-22-48(23-31-52)64-44-14-6-40(55)7-15-44/h4-35,38H,36-37H2,1-3H3. The number of carbonyl (C=O) groups is 1. The molecule has 0 fully saturated rings. The largest absolute Gasteiger partial charge is 0.468 e. The second-order valence-corrected chi connectivity index (χ2v) is 21.0. The van der Waals surface area contributed by atoms with Gasteiger partial charge in [-0.15, -0.1) is 0 Å². The Morgan fingerprint density at radius 3 is 0.824 bits per heavy atom. The third kappa shape index (κ3) is 9.46. The van der Waals surface area contributed by atoms with E-state index in [1.807, 2.05) is 97.1 Å². The van der Waals surface area contributed by atoms with Gasteiger partial charge in [-0.25, -0.2) is 16.8 Å². The Labute approximate surface area is 396 Å². The molecule has 0 aliphatic carbocycles. The van der Waals surface area contributed by atoms with Gasteiger partial charge in [0, 0.05) is 10.8 Å². The molecule has 10 nitrogen and oxygen atoms in total. The van der Waals surface area contributed by atoms with Crippen LogP contribution in [0.2, 0.25) is 0 Å². The maximum atomic E-state index is 13.7. The molecule has 21 rings (SSSR count). The molecule has 0 saturated heterocycles. The summed E-state index contributed by atoms with van der Waals surface area (Å²) in [7, 11) is -7.69. The molecule has 16 bridgehead atoms. The number of hydrogen-bond acceptors (Lipinski definition) is 10. The fourth-order valence-electron chi connectivity index (χ4n) is 8.16. The summed E-state index contributed by atoms with van der Waals surface area (Å²) in [5.74, 6) is 4.15. The first-order chi connectivity index (χ1) is 32.7.